The third-order valence-corrected chi connectivity index (χ3v) is 4.75. The Labute approximate surface area is 139 Å². The van der Waals surface area contributed by atoms with Crippen molar-refractivity contribution < 1.29 is 14.2 Å². The average Bonchev–Trinajstić information content (AvgIpc) is 2.58. The molecule has 0 radical (unpaired) electrons. The second-order valence-electron chi connectivity index (χ2n) is 6.03. The number of methoxy groups -OCH3 is 3. The molecule has 23 heavy (non-hydrogen) atoms. The Morgan fingerprint density at radius 2 is 1.70 bits per heavy atom. The molecule has 6 nitrogen and oxygen atoms in total. The van der Waals surface area contributed by atoms with E-state index < -0.39 is 0 Å². The quantitative estimate of drug-likeness (QED) is 0.853. The fourth-order valence-corrected chi connectivity index (χ4v) is 3.15. The van der Waals surface area contributed by atoms with E-state index in [0.717, 1.165) is 30.9 Å². The van der Waals surface area contributed by atoms with Crippen LogP contribution >= 0.6 is 0 Å². The van der Waals surface area contributed by atoms with Crippen LogP contribution in [-0.2, 0) is 0 Å². The van der Waals surface area contributed by atoms with Crippen molar-refractivity contribution in [1.82, 2.24) is 9.80 Å². The largest absolute Gasteiger partial charge is 0.496 e. The van der Waals surface area contributed by atoms with E-state index in [-0.39, 0.29) is 6.04 Å². The van der Waals surface area contributed by atoms with E-state index in [0.29, 0.717) is 24.1 Å². The molecule has 1 aromatic rings. The lowest BCUT2D eigenvalue weighted by molar-refractivity contribution is 0.0731. The molecule has 2 N–H and O–H groups in total. The highest BCUT2D eigenvalue weighted by molar-refractivity contribution is 5.52. The van der Waals surface area contributed by atoms with Gasteiger partial charge in [0.2, 0.25) is 0 Å². The Hall–Kier alpha value is -1.50. The van der Waals surface area contributed by atoms with Crippen molar-refractivity contribution in [2.24, 2.45) is 5.73 Å². The van der Waals surface area contributed by atoms with Crippen LogP contribution in [0.1, 0.15) is 18.5 Å². The van der Waals surface area contributed by atoms with Crippen LogP contribution < -0.4 is 19.9 Å². The minimum absolute atomic E-state index is 0.0981. The number of rotatable bonds is 6. The Bertz CT molecular complexity index is 524. The van der Waals surface area contributed by atoms with Crippen molar-refractivity contribution in [3.05, 3.63) is 17.7 Å². The maximum Gasteiger partial charge on any atom is 0.164 e. The van der Waals surface area contributed by atoms with Crippen molar-refractivity contribution in [1.29, 1.82) is 0 Å². The van der Waals surface area contributed by atoms with Crippen LogP contribution in [-0.4, -0.2) is 70.4 Å². The van der Waals surface area contributed by atoms with Crippen molar-refractivity contribution in [3.63, 3.8) is 0 Å². The third kappa shape index (κ3) is 3.71. The zero-order valence-corrected chi connectivity index (χ0v) is 14.8. The zero-order valence-electron chi connectivity index (χ0n) is 14.8. The van der Waals surface area contributed by atoms with Gasteiger partial charge in [-0.15, -0.1) is 0 Å². The van der Waals surface area contributed by atoms with E-state index in [1.54, 1.807) is 21.3 Å². The van der Waals surface area contributed by atoms with E-state index >= 15 is 0 Å². The average molecular weight is 323 g/mol. The molecule has 0 saturated carbocycles. The summed E-state index contributed by atoms with van der Waals surface area (Å²) in [7, 11) is 7.10. The predicted octanol–water partition coefficient (Wildman–Crippen LogP) is 1.35. The van der Waals surface area contributed by atoms with E-state index in [9.17, 15) is 0 Å². The molecule has 1 fully saturated rings. The van der Waals surface area contributed by atoms with Crippen molar-refractivity contribution in [2.45, 2.75) is 19.0 Å². The van der Waals surface area contributed by atoms with Gasteiger partial charge in [-0.1, -0.05) is 0 Å². The van der Waals surface area contributed by atoms with Crippen LogP contribution in [0.3, 0.4) is 0 Å². The fourth-order valence-electron chi connectivity index (χ4n) is 3.15. The number of hydrogen-bond donors (Lipinski definition) is 1. The molecule has 1 saturated heterocycles. The van der Waals surface area contributed by atoms with E-state index in [4.69, 9.17) is 19.9 Å². The molecule has 0 bridgehead atoms. The van der Waals surface area contributed by atoms with Gasteiger partial charge in [-0.3, -0.25) is 4.90 Å². The summed E-state index contributed by atoms with van der Waals surface area (Å²) in [6.07, 6.45) is 0. The number of nitrogens with zero attached hydrogens (tertiary/aromatic N) is 2. The highest BCUT2D eigenvalue weighted by Gasteiger charge is 2.29. The van der Waals surface area contributed by atoms with Crippen LogP contribution in [0.15, 0.2) is 12.1 Å². The smallest absolute Gasteiger partial charge is 0.164 e. The van der Waals surface area contributed by atoms with Crippen molar-refractivity contribution in [3.8, 4) is 17.2 Å². The Balaban J connectivity index is 2.36. The van der Waals surface area contributed by atoms with Gasteiger partial charge < -0.3 is 24.8 Å². The molecule has 6 heteroatoms. The standard InChI is InChI=1S/C17H29N3O3/c1-12-11-20(7-6-19(12)2)14(10-18)13-8-16(22-4)17(23-5)9-15(13)21-3/h8-9,12,14H,6-7,10-11,18H2,1-5H3. The predicted molar refractivity (Wildman–Crippen MR) is 91.6 cm³/mol. The molecule has 0 amide bonds. The first-order chi connectivity index (χ1) is 11.0. The Morgan fingerprint density at radius 1 is 1.09 bits per heavy atom. The SMILES string of the molecule is COc1cc(OC)c(C(CN)N2CCN(C)C(C)C2)cc1OC. The first-order valence-corrected chi connectivity index (χ1v) is 7.99. The molecule has 2 atom stereocenters. The lowest BCUT2D eigenvalue weighted by Crippen LogP contribution is -2.52. The molecule has 0 spiro atoms. The van der Waals surface area contributed by atoms with Gasteiger partial charge in [-0.2, -0.15) is 0 Å². The second kappa shape index (κ2) is 7.86. The third-order valence-electron chi connectivity index (χ3n) is 4.75. The number of nitrogens with two attached hydrogens (primary N) is 1. The highest BCUT2D eigenvalue weighted by atomic mass is 16.5. The molecule has 1 aliphatic heterocycles. The number of piperazine rings is 1. The molecule has 1 aliphatic rings. The van der Waals surface area contributed by atoms with Crippen molar-refractivity contribution >= 4 is 0 Å². The van der Waals surface area contributed by atoms with E-state index in [1.807, 2.05) is 12.1 Å². The summed E-state index contributed by atoms with van der Waals surface area (Å²) in [6, 6.07) is 4.46. The van der Waals surface area contributed by atoms with E-state index in [1.165, 1.54) is 0 Å². The van der Waals surface area contributed by atoms with Gasteiger partial charge >= 0.3 is 0 Å². The minimum Gasteiger partial charge on any atom is -0.496 e. The van der Waals surface area contributed by atoms with Gasteiger partial charge in [0.15, 0.2) is 11.5 Å². The number of benzene rings is 1. The summed E-state index contributed by atoms with van der Waals surface area (Å²) in [5, 5.41) is 0. The van der Waals surface area contributed by atoms with Gasteiger partial charge in [-0.05, 0) is 20.0 Å². The zero-order chi connectivity index (χ0) is 17.0. The fraction of sp³-hybridized carbons (Fsp3) is 0.647. The number of hydrogen-bond acceptors (Lipinski definition) is 6. The minimum atomic E-state index is 0.0981. The molecule has 0 aromatic heterocycles. The topological polar surface area (TPSA) is 60.2 Å². The Morgan fingerprint density at radius 3 is 2.22 bits per heavy atom. The summed E-state index contributed by atoms with van der Waals surface area (Å²) in [4.78, 5) is 4.80. The molecular weight excluding hydrogens is 294 g/mol. The molecule has 130 valence electrons. The molecule has 1 heterocycles. The second-order valence-corrected chi connectivity index (χ2v) is 6.03. The number of ether oxygens (including phenoxy) is 3. The van der Waals surface area contributed by atoms with Gasteiger partial charge in [0, 0.05) is 43.9 Å². The van der Waals surface area contributed by atoms with Crippen LogP contribution in [0.2, 0.25) is 0 Å². The Kier molecular flexibility index (Phi) is 6.10. The summed E-state index contributed by atoms with van der Waals surface area (Å²) < 4.78 is 16.4. The van der Waals surface area contributed by atoms with Crippen LogP contribution in [0.5, 0.6) is 17.2 Å². The van der Waals surface area contributed by atoms with Crippen LogP contribution in [0, 0.1) is 0 Å². The van der Waals surface area contributed by atoms with Crippen molar-refractivity contribution in [2.75, 3.05) is 54.6 Å². The first-order valence-electron chi connectivity index (χ1n) is 7.99. The summed E-state index contributed by atoms with van der Waals surface area (Å²) >= 11 is 0. The van der Waals surface area contributed by atoms with E-state index in [2.05, 4.69) is 23.8 Å². The van der Waals surface area contributed by atoms with Gasteiger partial charge in [-0.25, -0.2) is 0 Å². The van der Waals surface area contributed by atoms with Gasteiger partial charge in [0.05, 0.1) is 27.4 Å². The molecule has 2 rings (SSSR count). The highest BCUT2D eigenvalue weighted by Crippen LogP contribution is 2.39. The maximum absolute atomic E-state index is 6.12. The monoisotopic (exact) mass is 323 g/mol. The molecular formula is C17H29N3O3. The van der Waals surface area contributed by atoms with Gasteiger partial charge in [0.1, 0.15) is 5.75 Å². The lowest BCUT2D eigenvalue weighted by Gasteiger charge is -2.42. The summed E-state index contributed by atoms with van der Waals surface area (Å²) in [6.45, 7) is 5.77. The normalized spacial score (nSPS) is 21.0. The van der Waals surface area contributed by atoms with Crippen LogP contribution in [0.25, 0.3) is 0 Å². The lowest BCUT2D eigenvalue weighted by atomic mass is 10.0. The number of likely N-dealkylation sites (N-methyl/N-ethyl adjacent to an activating group) is 1. The molecule has 1 aromatic carbocycles. The molecule has 0 aliphatic carbocycles. The summed E-state index contributed by atoms with van der Waals surface area (Å²) in [5.41, 5.74) is 7.16. The first kappa shape index (κ1) is 17.8. The summed E-state index contributed by atoms with van der Waals surface area (Å²) in [5.74, 6) is 2.14. The molecule has 2 unspecified atom stereocenters. The van der Waals surface area contributed by atoms with Crippen LogP contribution in [0.4, 0.5) is 0 Å². The van der Waals surface area contributed by atoms with Gasteiger partial charge in [0.25, 0.3) is 0 Å². The maximum atomic E-state index is 6.12.